The fourth-order valence-corrected chi connectivity index (χ4v) is 3.90. The van der Waals surface area contributed by atoms with Crippen LogP contribution in [0.1, 0.15) is 18.1 Å². The van der Waals surface area contributed by atoms with Gasteiger partial charge in [-0.3, -0.25) is 4.90 Å². The van der Waals surface area contributed by atoms with Gasteiger partial charge in [0.05, 0.1) is 18.1 Å². The number of nitrogens with one attached hydrogen (secondary N) is 2. The maximum absolute atomic E-state index is 13.3. The number of hydrogen-bond acceptors (Lipinski definition) is 4. The lowest BCUT2D eigenvalue weighted by Crippen LogP contribution is -2.45. The van der Waals surface area contributed by atoms with Gasteiger partial charge in [0.25, 0.3) is 0 Å². The molecule has 0 spiro atoms. The molecule has 0 amide bonds. The van der Waals surface area contributed by atoms with Crippen LogP contribution < -0.4 is 10.6 Å². The Morgan fingerprint density at radius 3 is 2.64 bits per heavy atom. The molecule has 1 aliphatic rings. The minimum Gasteiger partial charge on any atom is -0.357 e. The summed E-state index contributed by atoms with van der Waals surface area (Å²) >= 11 is 0. The molecule has 0 radical (unpaired) electrons. The minimum atomic E-state index is -2.84. The van der Waals surface area contributed by atoms with Crippen molar-refractivity contribution in [1.29, 1.82) is 0 Å². The molecule has 1 aliphatic heterocycles. The zero-order chi connectivity index (χ0) is 18.3. The Morgan fingerprint density at radius 2 is 2.00 bits per heavy atom. The van der Waals surface area contributed by atoms with Crippen LogP contribution in [0, 0.1) is 12.7 Å². The summed E-state index contributed by atoms with van der Waals surface area (Å²) in [5.41, 5.74) is 1.57. The Morgan fingerprint density at radius 1 is 1.28 bits per heavy atom. The number of aliphatic imine (C=N–C) groups is 1. The molecule has 140 valence electrons. The molecule has 25 heavy (non-hydrogen) atoms. The van der Waals surface area contributed by atoms with E-state index in [9.17, 15) is 12.8 Å². The maximum Gasteiger partial charge on any atom is 0.191 e. The first-order valence-electron chi connectivity index (χ1n) is 8.59. The molecule has 2 rings (SSSR count). The Balaban J connectivity index is 1.82. The van der Waals surface area contributed by atoms with Gasteiger partial charge >= 0.3 is 0 Å². The van der Waals surface area contributed by atoms with E-state index in [0.29, 0.717) is 37.7 Å². The predicted molar refractivity (Wildman–Crippen MR) is 99.0 cm³/mol. The largest absolute Gasteiger partial charge is 0.357 e. The third kappa shape index (κ3) is 6.62. The first-order chi connectivity index (χ1) is 11.9. The number of hydrogen-bond donors (Lipinski definition) is 2. The van der Waals surface area contributed by atoms with Gasteiger partial charge in [-0.1, -0.05) is 12.1 Å². The molecule has 1 fully saturated rings. The molecule has 0 saturated carbocycles. The molecule has 2 N–H and O–H groups in total. The van der Waals surface area contributed by atoms with Gasteiger partial charge in [0.2, 0.25) is 0 Å². The van der Waals surface area contributed by atoms with E-state index in [1.54, 1.807) is 19.1 Å². The van der Waals surface area contributed by atoms with E-state index in [-0.39, 0.29) is 17.3 Å². The van der Waals surface area contributed by atoms with Crippen LogP contribution >= 0.6 is 0 Å². The van der Waals surface area contributed by atoms with Gasteiger partial charge in [-0.25, -0.2) is 17.8 Å². The Bertz CT molecular complexity index is 693. The smallest absolute Gasteiger partial charge is 0.191 e. The second-order valence-electron chi connectivity index (χ2n) is 6.20. The highest BCUT2D eigenvalue weighted by atomic mass is 32.2. The SMILES string of the molecule is CCNC(=NCc1ccc(F)c(C)c1)NCCN1CCS(=O)(=O)CC1. The van der Waals surface area contributed by atoms with Crippen LogP contribution in [0.5, 0.6) is 0 Å². The van der Waals surface area contributed by atoms with Crippen molar-refractivity contribution in [3.8, 4) is 0 Å². The fraction of sp³-hybridized carbons (Fsp3) is 0.588. The van der Waals surface area contributed by atoms with E-state index in [1.165, 1.54) is 6.07 Å². The van der Waals surface area contributed by atoms with Crippen molar-refractivity contribution in [3.63, 3.8) is 0 Å². The quantitative estimate of drug-likeness (QED) is 0.575. The van der Waals surface area contributed by atoms with Crippen LogP contribution in [0.25, 0.3) is 0 Å². The number of benzene rings is 1. The molecular weight excluding hydrogens is 343 g/mol. The normalized spacial score (nSPS) is 18.1. The zero-order valence-electron chi connectivity index (χ0n) is 14.9. The molecule has 0 atom stereocenters. The second kappa shape index (κ2) is 9.15. The van der Waals surface area contributed by atoms with Crippen LogP contribution in [0.15, 0.2) is 23.2 Å². The van der Waals surface area contributed by atoms with Crippen molar-refractivity contribution in [1.82, 2.24) is 15.5 Å². The maximum atomic E-state index is 13.3. The fourth-order valence-electron chi connectivity index (χ4n) is 2.62. The van der Waals surface area contributed by atoms with Crippen LogP contribution in [-0.4, -0.2) is 63.5 Å². The van der Waals surface area contributed by atoms with Crippen LogP contribution in [0.3, 0.4) is 0 Å². The summed E-state index contributed by atoms with van der Waals surface area (Å²) in [5, 5.41) is 6.44. The van der Waals surface area contributed by atoms with E-state index >= 15 is 0 Å². The van der Waals surface area contributed by atoms with Crippen molar-refractivity contribution in [2.24, 2.45) is 4.99 Å². The van der Waals surface area contributed by atoms with Gasteiger partial charge in [0, 0.05) is 32.7 Å². The first-order valence-corrected chi connectivity index (χ1v) is 10.4. The van der Waals surface area contributed by atoms with Gasteiger partial charge in [0.1, 0.15) is 5.82 Å². The number of rotatable bonds is 6. The summed E-state index contributed by atoms with van der Waals surface area (Å²) in [7, 11) is -2.84. The average Bonchev–Trinajstić information content (AvgIpc) is 2.57. The summed E-state index contributed by atoms with van der Waals surface area (Å²) in [6, 6.07) is 5.01. The van der Waals surface area contributed by atoms with Gasteiger partial charge < -0.3 is 10.6 Å². The van der Waals surface area contributed by atoms with Gasteiger partial charge in [-0.05, 0) is 31.0 Å². The van der Waals surface area contributed by atoms with E-state index in [1.807, 2.05) is 6.92 Å². The van der Waals surface area contributed by atoms with E-state index < -0.39 is 9.84 Å². The third-order valence-electron chi connectivity index (χ3n) is 4.14. The summed E-state index contributed by atoms with van der Waals surface area (Å²) in [5.74, 6) is 0.978. The lowest BCUT2D eigenvalue weighted by molar-refractivity contribution is 0.299. The lowest BCUT2D eigenvalue weighted by atomic mass is 10.1. The van der Waals surface area contributed by atoms with Crippen LogP contribution in [0.2, 0.25) is 0 Å². The van der Waals surface area contributed by atoms with E-state index in [2.05, 4.69) is 20.5 Å². The van der Waals surface area contributed by atoms with Crippen molar-refractivity contribution in [3.05, 3.63) is 35.1 Å². The predicted octanol–water partition coefficient (Wildman–Crippen LogP) is 0.920. The molecule has 1 aromatic carbocycles. The van der Waals surface area contributed by atoms with Gasteiger partial charge in [0.15, 0.2) is 15.8 Å². The highest BCUT2D eigenvalue weighted by Gasteiger charge is 2.20. The number of guanidine groups is 1. The molecule has 0 unspecified atom stereocenters. The molecule has 1 saturated heterocycles. The summed E-state index contributed by atoms with van der Waals surface area (Å²) < 4.78 is 36.2. The Hall–Kier alpha value is -1.67. The number of sulfone groups is 1. The highest BCUT2D eigenvalue weighted by Crippen LogP contribution is 2.10. The number of nitrogens with zero attached hydrogens (tertiary/aromatic N) is 2. The van der Waals surface area contributed by atoms with Crippen molar-refractivity contribution in [2.75, 3.05) is 44.2 Å². The molecule has 6 nitrogen and oxygen atoms in total. The Kier molecular flexibility index (Phi) is 7.19. The van der Waals surface area contributed by atoms with Crippen molar-refractivity contribution < 1.29 is 12.8 Å². The van der Waals surface area contributed by atoms with E-state index in [0.717, 1.165) is 18.7 Å². The summed E-state index contributed by atoms with van der Waals surface area (Å²) in [6.45, 7) is 7.59. The minimum absolute atomic E-state index is 0.207. The molecule has 0 aromatic heterocycles. The van der Waals surface area contributed by atoms with Crippen LogP contribution in [-0.2, 0) is 16.4 Å². The molecule has 8 heteroatoms. The number of aryl methyl sites for hydroxylation is 1. The molecule has 1 heterocycles. The molecule has 1 aromatic rings. The monoisotopic (exact) mass is 370 g/mol. The average molecular weight is 370 g/mol. The lowest BCUT2D eigenvalue weighted by Gasteiger charge is -2.26. The second-order valence-corrected chi connectivity index (χ2v) is 8.50. The Labute approximate surface area is 149 Å². The summed E-state index contributed by atoms with van der Waals surface area (Å²) in [6.07, 6.45) is 0. The summed E-state index contributed by atoms with van der Waals surface area (Å²) in [4.78, 5) is 6.66. The van der Waals surface area contributed by atoms with E-state index in [4.69, 9.17) is 0 Å². The third-order valence-corrected chi connectivity index (χ3v) is 5.75. The van der Waals surface area contributed by atoms with Crippen molar-refractivity contribution in [2.45, 2.75) is 20.4 Å². The van der Waals surface area contributed by atoms with Gasteiger partial charge in [-0.15, -0.1) is 0 Å². The topological polar surface area (TPSA) is 73.8 Å². The molecular formula is C17H27FN4O2S. The standard InChI is InChI=1S/C17H27FN4O2S/c1-3-19-17(21-13-15-4-5-16(18)14(2)12-15)20-6-7-22-8-10-25(23,24)11-9-22/h4-5,12H,3,6-11,13H2,1-2H3,(H2,19,20,21). The molecule has 0 bridgehead atoms. The highest BCUT2D eigenvalue weighted by molar-refractivity contribution is 7.91. The first kappa shape index (κ1) is 19.7. The van der Waals surface area contributed by atoms with Crippen molar-refractivity contribution >= 4 is 15.8 Å². The zero-order valence-corrected chi connectivity index (χ0v) is 15.7. The molecule has 0 aliphatic carbocycles. The van der Waals surface area contributed by atoms with Gasteiger partial charge in [-0.2, -0.15) is 0 Å². The number of halogens is 1. The van der Waals surface area contributed by atoms with Crippen LogP contribution in [0.4, 0.5) is 4.39 Å².